The topological polar surface area (TPSA) is 37.4 Å². The highest BCUT2D eigenvalue weighted by atomic mass is 16.2. The zero-order chi connectivity index (χ0) is 16.3. The standard InChI is InChI=1S/C21H15NO2/c23-20-16-10-8-14-6-7-15-9-11-17(19(16)18(14)15)21(24)22(20)12-13-4-2-1-3-5-13/h1-5,8-11H,6-7,12H2. The minimum Gasteiger partial charge on any atom is -0.270 e. The van der Waals surface area contributed by atoms with Crippen molar-refractivity contribution in [2.45, 2.75) is 19.4 Å². The third-order valence-corrected chi connectivity index (χ3v) is 5.13. The van der Waals surface area contributed by atoms with E-state index in [4.69, 9.17) is 0 Å². The number of hydrogen-bond acceptors (Lipinski definition) is 2. The Kier molecular flexibility index (Phi) is 2.69. The molecular formula is C21H15NO2. The zero-order valence-corrected chi connectivity index (χ0v) is 13.1. The fraction of sp³-hybridized carbons (Fsp3) is 0.143. The van der Waals surface area contributed by atoms with Crippen LogP contribution in [0.25, 0.3) is 10.8 Å². The summed E-state index contributed by atoms with van der Waals surface area (Å²) in [6, 6.07) is 17.5. The highest BCUT2D eigenvalue weighted by Gasteiger charge is 2.34. The summed E-state index contributed by atoms with van der Waals surface area (Å²) < 4.78 is 0. The van der Waals surface area contributed by atoms with Gasteiger partial charge in [0, 0.05) is 16.5 Å². The highest BCUT2D eigenvalue weighted by molar-refractivity contribution is 6.26. The molecule has 1 aliphatic carbocycles. The smallest absolute Gasteiger partial charge is 0.261 e. The Hall–Kier alpha value is -2.94. The first-order valence-electron chi connectivity index (χ1n) is 8.21. The van der Waals surface area contributed by atoms with Gasteiger partial charge in [-0.3, -0.25) is 14.5 Å². The number of rotatable bonds is 2. The van der Waals surface area contributed by atoms with Gasteiger partial charge in [-0.2, -0.15) is 0 Å². The van der Waals surface area contributed by atoms with Gasteiger partial charge in [-0.25, -0.2) is 0 Å². The van der Waals surface area contributed by atoms with E-state index in [9.17, 15) is 9.59 Å². The molecule has 0 spiro atoms. The maximum absolute atomic E-state index is 13.0. The summed E-state index contributed by atoms with van der Waals surface area (Å²) in [5.41, 5.74) is 4.77. The molecule has 2 aliphatic rings. The molecule has 0 aromatic heterocycles. The van der Waals surface area contributed by atoms with Gasteiger partial charge in [0.1, 0.15) is 0 Å². The fourth-order valence-electron chi connectivity index (χ4n) is 3.98. The molecule has 3 aromatic carbocycles. The van der Waals surface area contributed by atoms with Crippen LogP contribution >= 0.6 is 0 Å². The summed E-state index contributed by atoms with van der Waals surface area (Å²) in [5, 5.41) is 1.99. The molecule has 0 atom stereocenters. The van der Waals surface area contributed by atoms with Crippen LogP contribution in [-0.2, 0) is 19.4 Å². The molecule has 2 amide bonds. The quantitative estimate of drug-likeness (QED) is 0.676. The first kappa shape index (κ1) is 13.5. The van der Waals surface area contributed by atoms with E-state index in [1.54, 1.807) is 0 Å². The molecule has 0 saturated carbocycles. The minimum atomic E-state index is -0.188. The summed E-state index contributed by atoms with van der Waals surface area (Å²) >= 11 is 0. The van der Waals surface area contributed by atoms with Crippen molar-refractivity contribution in [3.63, 3.8) is 0 Å². The number of benzene rings is 3. The predicted molar refractivity (Wildman–Crippen MR) is 92.0 cm³/mol. The Morgan fingerprint density at radius 2 is 1.29 bits per heavy atom. The number of aryl methyl sites for hydroxylation is 2. The molecule has 0 fully saturated rings. The van der Waals surface area contributed by atoms with Crippen molar-refractivity contribution in [2.24, 2.45) is 0 Å². The van der Waals surface area contributed by atoms with Crippen molar-refractivity contribution in [2.75, 3.05) is 0 Å². The number of imide groups is 1. The molecule has 0 unspecified atom stereocenters. The first-order chi connectivity index (χ1) is 11.7. The Morgan fingerprint density at radius 3 is 1.88 bits per heavy atom. The second-order valence-corrected chi connectivity index (χ2v) is 6.48. The number of carbonyl (C=O) groups is 2. The lowest BCUT2D eigenvalue weighted by atomic mass is 9.91. The molecule has 116 valence electrons. The van der Waals surface area contributed by atoms with Crippen LogP contribution in [0, 0.1) is 0 Å². The van der Waals surface area contributed by atoms with Crippen LogP contribution in [0.4, 0.5) is 0 Å². The van der Waals surface area contributed by atoms with Gasteiger partial charge in [-0.05, 0) is 47.1 Å². The number of carbonyl (C=O) groups excluding carboxylic acids is 2. The first-order valence-corrected chi connectivity index (χ1v) is 8.21. The molecule has 3 aromatic rings. The molecule has 0 saturated heterocycles. The second kappa shape index (κ2) is 4.78. The molecule has 1 aliphatic heterocycles. The number of amides is 2. The van der Waals surface area contributed by atoms with Crippen LogP contribution in [0.15, 0.2) is 54.6 Å². The van der Waals surface area contributed by atoms with Crippen LogP contribution < -0.4 is 0 Å². The van der Waals surface area contributed by atoms with Crippen molar-refractivity contribution in [1.82, 2.24) is 4.90 Å². The Labute approximate surface area is 139 Å². The molecule has 24 heavy (non-hydrogen) atoms. The van der Waals surface area contributed by atoms with Crippen molar-refractivity contribution >= 4 is 22.6 Å². The lowest BCUT2D eigenvalue weighted by molar-refractivity contribution is 0.0598. The van der Waals surface area contributed by atoms with Gasteiger partial charge in [-0.15, -0.1) is 0 Å². The van der Waals surface area contributed by atoms with E-state index < -0.39 is 0 Å². The summed E-state index contributed by atoms with van der Waals surface area (Å²) in [6.45, 7) is 0.308. The van der Waals surface area contributed by atoms with Crippen LogP contribution in [0.3, 0.4) is 0 Å². The van der Waals surface area contributed by atoms with Gasteiger partial charge in [0.15, 0.2) is 0 Å². The normalized spacial score (nSPS) is 15.4. The van der Waals surface area contributed by atoms with E-state index in [0.29, 0.717) is 17.7 Å². The monoisotopic (exact) mass is 313 g/mol. The van der Waals surface area contributed by atoms with E-state index in [-0.39, 0.29) is 11.8 Å². The van der Waals surface area contributed by atoms with Gasteiger partial charge >= 0.3 is 0 Å². The van der Waals surface area contributed by atoms with Gasteiger partial charge in [0.2, 0.25) is 0 Å². The second-order valence-electron chi connectivity index (χ2n) is 6.48. The van der Waals surface area contributed by atoms with Crippen molar-refractivity contribution in [1.29, 1.82) is 0 Å². The van der Waals surface area contributed by atoms with Gasteiger partial charge in [0.25, 0.3) is 11.8 Å². The lowest BCUT2D eigenvalue weighted by Crippen LogP contribution is -2.39. The van der Waals surface area contributed by atoms with Crippen molar-refractivity contribution in [3.05, 3.63) is 82.4 Å². The number of hydrogen-bond donors (Lipinski definition) is 0. The Morgan fingerprint density at radius 1 is 0.708 bits per heavy atom. The van der Waals surface area contributed by atoms with Crippen LogP contribution in [-0.4, -0.2) is 16.7 Å². The molecule has 0 bridgehead atoms. The molecule has 0 radical (unpaired) electrons. The van der Waals surface area contributed by atoms with E-state index in [1.165, 1.54) is 16.0 Å². The molecule has 1 heterocycles. The Balaban J connectivity index is 1.69. The van der Waals surface area contributed by atoms with Gasteiger partial charge in [-0.1, -0.05) is 42.5 Å². The third-order valence-electron chi connectivity index (χ3n) is 5.13. The predicted octanol–water partition coefficient (Wildman–Crippen LogP) is 3.73. The Bertz CT molecular complexity index is 962. The average molecular weight is 313 g/mol. The number of nitrogens with zero attached hydrogens (tertiary/aromatic N) is 1. The molecule has 3 heteroatoms. The maximum Gasteiger partial charge on any atom is 0.261 e. The summed E-state index contributed by atoms with van der Waals surface area (Å²) in [6.07, 6.45) is 1.98. The van der Waals surface area contributed by atoms with Crippen LogP contribution in [0.1, 0.15) is 37.4 Å². The molecular weight excluding hydrogens is 298 g/mol. The lowest BCUT2D eigenvalue weighted by Gasteiger charge is -2.27. The third kappa shape index (κ3) is 1.72. The van der Waals surface area contributed by atoms with Crippen LogP contribution in [0.2, 0.25) is 0 Å². The van der Waals surface area contributed by atoms with Crippen molar-refractivity contribution in [3.8, 4) is 0 Å². The largest absolute Gasteiger partial charge is 0.270 e. The summed E-state index contributed by atoms with van der Waals surface area (Å²) in [4.78, 5) is 27.3. The maximum atomic E-state index is 13.0. The minimum absolute atomic E-state index is 0.188. The van der Waals surface area contributed by atoms with Crippen molar-refractivity contribution < 1.29 is 9.59 Å². The SMILES string of the molecule is O=C1c2ccc3c4c(ccc(c24)C(=O)N1Cc1ccccc1)CC3. The molecule has 0 N–H and O–H groups in total. The van der Waals surface area contributed by atoms with E-state index >= 15 is 0 Å². The zero-order valence-electron chi connectivity index (χ0n) is 13.1. The summed E-state index contributed by atoms with van der Waals surface area (Å²) in [5.74, 6) is -0.376. The van der Waals surface area contributed by atoms with Gasteiger partial charge in [0.05, 0.1) is 6.54 Å². The average Bonchev–Trinajstić information content (AvgIpc) is 3.04. The van der Waals surface area contributed by atoms with E-state index in [2.05, 4.69) is 0 Å². The highest BCUT2D eigenvalue weighted by Crippen LogP contribution is 2.38. The summed E-state index contributed by atoms with van der Waals surface area (Å²) in [7, 11) is 0. The fourth-order valence-corrected chi connectivity index (χ4v) is 3.98. The van der Waals surface area contributed by atoms with E-state index in [1.807, 2.05) is 54.6 Å². The molecule has 3 nitrogen and oxygen atoms in total. The van der Waals surface area contributed by atoms with Gasteiger partial charge < -0.3 is 0 Å². The molecule has 5 rings (SSSR count). The van der Waals surface area contributed by atoms with E-state index in [0.717, 1.165) is 29.2 Å². The van der Waals surface area contributed by atoms with Crippen LogP contribution in [0.5, 0.6) is 0 Å².